The van der Waals surface area contributed by atoms with E-state index in [9.17, 15) is 5.48 Å². The number of nitrogens with zero attached hydrogens (tertiary/aromatic N) is 2. The Labute approximate surface area is 234 Å². The second kappa shape index (κ2) is 8.76. The van der Waals surface area contributed by atoms with Crippen molar-refractivity contribution in [2.24, 2.45) is 0 Å². The monoisotopic (exact) mass is 487 g/mol. The molecule has 0 fully saturated rings. The minimum atomic E-state index is -0.557. The summed E-state index contributed by atoms with van der Waals surface area (Å²) in [5.74, 6) is 0.504. The van der Waals surface area contributed by atoms with Gasteiger partial charge in [0.2, 0.25) is 0 Å². The summed E-state index contributed by atoms with van der Waals surface area (Å²) in [7, 11) is 0. The van der Waals surface area contributed by atoms with E-state index in [1.807, 2.05) is 6.92 Å². The van der Waals surface area contributed by atoms with Crippen molar-refractivity contribution in [2.45, 2.75) is 13.3 Å². The van der Waals surface area contributed by atoms with Crippen molar-refractivity contribution in [3.63, 3.8) is 0 Å². The van der Waals surface area contributed by atoms with Crippen LogP contribution in [0.5, 0.6) is 0 Å². The smallest absolute Gasteiger partial charge is 0.114 e. The van der Waals surface area contributed by atoms with E-state index < -0.39 is 78.6 Å². The first-order valence-corrected chi connectivity index (χ1v) is 11.8. The predicted octanol–water partition coefficient (Wildman–Crippen LogP) is 9.23. The molecular formula is C35H26N2. The van der Waals surface area contributed by atoms with E-state index in [4.69, 9.17) is 17.3 Å². The van der Waals surface area contributed by atoms with Gasteiger partial charge < -0.3 is 0 Å². The molecule has 0 saturated carbocycles. The van der Waals surface area contributed by atoms with Crippen molar-refractivity contribution in [2.75, 3.05) is 0 Å². The highest BCUT2D eigenvalue weighted by Gasteiger charge is 2.20. The quantitative estimate of drug-likeness (QED) is 0.226. The molecule has 0 saturated heterocycles. The maximum atomic E-state index is 9.23. The number of hydrogen-bond acceptors (Lipinski definition) is 1. The first kappa shape index (κ1) is 12.0. The lowest BCUT2D eigenvalue weighted by atomic mass is 9.89. The molecule has 0 aliphatic heterocycles. The largest absolute Gasteiger partial charge is 0.295 e. The van der Waals surface area contributed by atoms with E-state index in [0.717, 1.165) is 0 Å². The van der Waals surface area contributed by atoms with E-state index in [1.165, 1.54) is 6.07 Å². The fourth-order valence-electron chi connectivity index (χ4n) is 4.90. The van der Waals surface area contributed by atoms with Crippen LogP contribution in [-0.2, 0) is 6.42 Å². The van der Waals surface area contributed by atoms with Gasteiger partial charge in [-0.1, -0.05) is 116 Å². The Morgan fingerprint density at radius 3 is 1.97 bits per heavy atom. The Morgan fingerprint density at radius 2 is 1.27 bits per heavy atom. The molecule has 1 heterocycles. The van der Waals surface area contributed by atoms with E-state index in [0.29, 0.717) is 23.3 Å². The average Bonchev–Trinajstić information content (AvgIpc) is 3.50. The molecule has 6 aromatic carbocycles. The lowest BCUT2D eigenvalue weighted by Gasteiger charge is -2.20. The third-order valence-corrected chi connectivity index (χ3v) is 6.46. The molecule has 0 N–H and O–H groups in total. The van der Waals surface area contributed by atoms with Crippen LogP contribution >= 0.6 is 0 Å². The van der Waals surface area contributed by atoms with Crippen molar-refractivity contribution in [3.8, 4) is 27.9 Å². The first-order chi connectivity index (χ1) is 23.7. The van der Waals surface area contributed by atoms with Gasteiger partial charge in [-0.05, 0) is 51.2 Å². The van der Waals surface area contributed by atoms with Gasteiger partial charge in [0.25, 0.3) is 0 Å². The van der Waals surface area contributed by atoms with Crippen LogP contribution in [0, 0.1) is 0 Å². The Hall–Kier alpha value is -4.69. The number of imidazole rings is 1. The molecular weight excluding hydrogens is 448 g/mol. The first-order valence-electron chi connectivity index (χ1n) is 18.3. The third-order valence-electron chi connectivity index (χ3n) is 6.46. The summed E-state index contributed by atoms with van der Waals surface area (Å²) in [6, 6.07) is 6.96. The molecule has 0 radical (unpaired) electrons. The van der Waals surface area contributed by atoms with Crippen molar-refractivity contribution >= 4 is 32.6 Å². The Morgan fingerprint density at radius 1 is 0.649 bits per heavy atom. The van der Waals surface area contributed by atoms with E-state index in [1.54, 1.807) is 47.0 Å². The van der Waals surface area contributed by atoms with Crippen LogP contribution < -0.4 is 0 Å². The molecule has 0 unspecified atom stereocenters. The molecule has 1 aromatic heterocycles. The molecule has 0 amide bonds. The summed E-state index contributed by atoms with van der Waals surface area (Å²) in [5, 5.41) is -0.00709. The summed E-state index contributed by atoms with van der Waals surface area (Å²) in [4.78, 5) is 4.77. The molecule has 176 valence electrons. The Bertz CT molecular complexity index is 2520. The summed E-state index contributed by atoms with van der Waals surface area (Å²) < 4.78 is 115. The van der Waals surface area contributed by atoms with Gasteiger partial charge in [-0.25, -0.2) is 4.98 Å². The van der Waals surface area contributed by atoms with Crippen molar-refractivity contribution < 1.29 is 17.8 Å². The highest BCUT2D eigenvalue weighted by Crippen LogP contribution is 2.42. The van der Waals surface area contributed by atoms with Crippen LogP contribution in [-0.4, -0.2) is 9.55 Å². The highest BCUT2D eigenvalue weighted by molar-refractivity contribution is 6.18. The van der Waals surface area contributed by atoms with Crippen LogP contribution in [0.15, 0.2) is 127 Å². The van der Waals surface area contributed by atoms with Crippen molar-refractivity contribution in [3.05, 3.63) is 133 Å². The van der Waals surface area contributed by atoms with Gasteiger partial charge in [-0.2, -0.15) is 0 Å². The molecule has 0 spiro atoms. The number of hydrogen-bond donors (Lipinski definition) is 0. The Kier molecular flexibility index (Phi) is 2.85. The number of aryl methyl sites for hydroxylation is 1. The van der Waals surface area contributed by atoms with Crippen LogP contribution in [0.3, 0.4) is 0 Å². The molecule has 0 atom stereocenters. The predicted molar refractivity (Wildman–Crippen MR) is 156 cm³/mol. The number of benzene rings is 6. The summed E-state index contributed by atoms with van der Waals surface area (Å²) >= 11 is 0. The lowest BCUT2D eigenvalue weighted by Crippen LogP contribution is -2.03. The van der Waals surface area contributed by atoms with Gasteiger partial charge in [-0.15, -0.1) is 0 Å². The fraction of sp³-hybridized carbons (Fsp3) is 0.0571. The molecule has 7 aromatic rings. The van der Waals surface area contributed by atoms with E-state index >= 15 is 0 Å². The maximum Gasteiger partial charge on any atom is 0.114 e. The van der Waals surface area contributed by atoms with Gasteiger partial charge in [0.05, 0.1) is 34.5 Å². The van der Waals surface area contributed by atoms with E-state index in [2.05, 4.69) is 0 Å². The molecule has 0 aliphatic carbocycles. The summed E-state index contributed by atoms with van der Waals surface area (Å²) in [6.45, 7) is 1.87. The number of fused-ring (bicyclic) bond motifs is 3. The fourth-order valence-corrected chi connectivity index (χ4v) is 4.90. The SMILES string of the molecule is [2H]c1c([2H])c([2H])c(-c2cccc(-c3c4c([2H])c([2H])c([2H])c([2H])c4c(-n4c(CC)nc5ccccc54)c4c([2H])c([2H])c([2H])c([2H])c34)c2)c([2H])c1[2H]. The molecule has 0 bridgehead atoms. The second-order valence-electron chi connectivity index (χ2n) is 8.51. The summed E-state index contributed by atoms with van der Waals surface area (Å²) in [6.07, 6.45) is 0.385. The molecule has 7 rings (SSSR count). The topological polar surface area (TPSA) is 17.8 Å². The Balaban J connectivity index is 1.78. The number of rotatable bonds is 4. The molecule has 2 heteroatoms. The standard InChI is InChI=1S/C35H26N2/c1-2-33-36-31-21-10-11-22-32(31)37(33)35-29-19-8-6-17-27(29)34(28-18-7-9-20-30(28)35)26-16-12-15-25(23-26)24-13-4-3-5-14-24/h3-23H,2H2,1H3/i3D,4D,5D,6D,7D,8D,9D,13D,14D,17D,18D,19D,20D. The van der Waals surface area contributed by atoms with Gasteiger partial charge >= 0.3 is 0 Å². The average molecular weight is 488 g/mol. The second-order valence-corrected chi connectivity index (χ2v) is 8.51. The molecule has 37 heavy (non-hydrogen) atoms. The molecule has 0 aliphatic rings. The minimum Gasteiger partial charge on any atom is -0.295 e. The van der Waals surface area contributed by atoms with E-state index in [-0.39, 0.29) is 49.5 Å². The van der Waals surface area contributed by atoms with Gasteiger partial charge in [0.15, 0.2) is 0 Å². The van der Waals surface area contributed by atoms with Crippen molar-refractivity contribution in [1.29, 1.82) is 0 Å². The number of aromatic nitrogens is 2. The van der Waals surface area contributed by atoms with Gasteiger partial charge in [0.1, 0.15) is 5.82 Å². The normalized spacial score (nSPS) is 16.4. The maximum absolute atomic E-state index is 9.23. The van der Waals surface area contributed by atoms with Crippen LogP contribution in [0.4, 0.5) is 0 Å². The molecule has 2 nitrogen and oxygen atoms in total. The van der Waals surface area contributed by atoms with Crippen LogP contribution in [0.25, 0.3) is 60.5 Å². The minimum absolute atomic E-state index is 0.00888. The summed E-state index contributed by atoms with van der Waals surface area (Å²) in [5.41, 5.74) is 1.73. The lowest BCUT2D eigenvalue weighted by molar-refractivity contribution is 0.917. The zero-order chi connectivity index (χ0) is 36.1. The van der Waals surface area contributed by atoms with Gasteiger partial charge in [-0.3, -0.25) is 4.57 Å². The van der Waals surface area contributed by atoms with Crippen molar-refractivity contribution in [1.82, 2.24) is 9.55 Å². The van der Waals surface area contributed by atoms with Gasteiger partial charge in [0, 0.05) is 17.2 Å². The zero-order valence-electron chi connectivity index (χ0n) is 32.7. The third kappa shape index (κ3) is 3.45. The zero-order valence-corrected chi connectivity index (χ0v) is 19.7. The highest BCUT2D eigenvalue weighted by atomic mass is 15.1. The van der Waals surface area contributed by atoms with Crippen LogP contribution in [0.1, 0.15) is 30.6 Å². The van der Waals surface area contributed by atoms with Crippen LogP contribution in [0.2, 0.25) is 0 Å². The number of para-hydroxylation sites is 2.